The minimum Gasteiger partial charge on any atom is -0.511 e. The Morgan fingerprint density at radius 3 is 1.63 bits per heavy atom. The quantitative estimate of drug-likeness (QED) is 0.360. The molecule has 0 amide bonds. The van der Waals surface area contributed by atoms with Gasteiger partial charge < -0.3 is 10.2 Å². The number of carbonyl (C=O) groups excluding carboxylic acids is 1. The number of unbranched alkanes of at least 4 members (excludes halogenated alkanes) is 1. The normalized spacial score (nSPS) is 12.1. The molecule has 112 valence electrons. The first-order valence-electron chi connectivity index (χ1n) is 6.55. The second-order valence-electron chi connectivity index (χ2n) is 6.49. The van der Waals surface area contributed by atoms with Crippen molar-refractivity contribution >= 4 is 5.78 Å². The van der Waals surface area contributed by atoms with Crippen molar-refractivity contribution in [2.24, 2.45) is 10.8 Å². The van der Waals surface area contributed by atoms with E-state index in [1.165, 1.54) is 6.08 Å². The number of ketones is 1. The predicted octanol–water partition coefficient (Wildman–Crippen LogP) is 3.84. The smallest absolute Gasteiger partial charge is 0.325 e. The fourth-order valence-electron chi connectivity index (χ4n) is 0.721. The van der Waals surface area contributed by atoms with Crippen molar-refractivity contribution in [3.05, 3.63) is 11.8 Å². The van der Waals surface area contributed by atoms with Gasteiger partial charge in [-0.2, -0.15) is 0 Å². The summed E-state index contributed by atoms with van der Waals surface area (Å²) >= 11 is 0. The van der Waals surface area contributed by atoms with E-state index >= 15 is 0 Å². The number of hydrogen-bond acceptors (Lipinski definition) is 2. The molecule has 0 fully saturated rings. The van der Waals surface area contributed by atoms with Gasteiger partial charge in [0.1, 0.15) is 5.76 Å². The molecule has 0 aromatic rings. The number of rotatable bonds is 3. The second kappa shape index (κ2) is 10.6. The Kier molecular flexibility index (Phi) is 13.4. The van der Waals surface area contributed by atoms with E-state index in [-0.39, 0.29) is 44.1 Å². The fourth-order valence-corrected chi connectivity index (χ4v) is 0.721. The van der Waals surface area contributed by atoms with Gasteiger partial charge in [0, 0.05) is 33.7 Å². The summed E-state index contributed by atoms with van der Waals surface area (Å²) in [7, 11) is 0. The van der Waals surface area contributed by atoms with Crippen LogP contribution in [0.5, 0.6) is 0 Å². The van der Waals surface area contributed by atoms with Crippen molar-refractivity contribution in [3.8, 4) is 0 Å². The minimum atomic E-state index is -0.306. The monoisotopic (exact) mass is 307 g/mol. The van der Waals surface area contributed by atoms with Gasteiger partial charge in [-0.05, 0) is 27.2 Å². The number of aliphatic hydroxyl groups excluding tert-OH is 2. The molecule has 3 nitrogen and oxygen atoms in total. The van der Waals surface area contributed by atoms with Crippen LogP contribution in [0, 0.1) is 10.8 Å². The van der Waals surface area contributed by atoms with Crippen LogP contribution in [-0.4, -0.2) is 27.4 Å². The summed E-state index contributed by atoms with van der Waals surface area (Å²) in [6.45, 7) is 13.8. The van der Waals surface area contributed by atoms with Crippen LogP contribution in [0.4, 0.5) is 0 Å². The Labute approximate surface area is 133 Å². The van der Waals surface area contributed by atoms with Crippen molar-refractivity contribution in [1.82, 2.24) is 0 Å². The van der Waals surface area contributed by atoms with Crippen LogP contribution in [0.15, 0.2) is 11.8 Å². The topological polar surface area (TPSA) is 61.9 Å². The van der Waals surface area contributed by atoms with Gasteiger partial charge in [0.05, 0.1) is 11.5 Å². The molecule has 4 heteroatoms. The zero-order valence-electron chi connectivity index (χ0n) is 13.5. The molecule has 0 aliphatic carbocycles. The molecule has 0 aromatic heterocycles. The van der Waals surface area contributed by atoms with Crippen molar-refractivity contribution < 1.29 is 36.7 Å². The predicted molar refractivity (Wildman–Crippen MR) is 78.6 cm³/mol. The van der Waals surface area contributed by atoms with E-state index in [0.717, 1.165) is 12.8 Å². The third-order valence-corrected chi connectivity index (χ3v) is 2.32. The van der Waals surface area contributed by atoms with Gasteiger partial charge in [-0.25, -0.2) is 0 Å². The second-order valence-corrected chi connectivity index (χ2v) is 6.49. The summed E-state index contributed by atoms with van der Waals surface area (Å²) in [5.41, 5.74) is -0.613. The van der Waals surface area contributed by atoms with Gasteiger partial charge in [0.25, 0.3) is 0 Å². The van der Waals surface area contributed by atoms with Gasteiger partial charge in [-0.15, -0.1) is 0 Å². The van der Waals surface area contributed by atoms with Gasteiger partial charge in [-0.3, -0.25) is 4.79 Å². The van der Waals surface area contributed by atoms with E-state index in [2.05, 4.69) is 6.92 Å². The van der Waals surface area contributed by atoms with E-state index in [1.54, 1.807) is 0 Å². The molecule has 3 N–H and O–H groups in total. The van der Waals surface area contributed by atoms with Crippen molar-refractivity contribution in [3.63, 3.8) is 0 Å². The van der Waals surface area contributed by atoms with Gasteiger partial charge in [-0.1, -0.05) is 34.1 Å². The minimum absolute atomic E-state index is 0. The SMILES string of the molecule is CC(C)(C)C(=[OH+])/C=C(\O)C(C)(C)C.CCCCO.[Ti]. The standard InChI is InChI=1S/C11H20O2.C4H10O.Ti/c1-10(2,3)8(12)7-9(13)11(4,5)6;1-2-3-4-5;/h7,12H,1-6H3;5H,2-4H2,1H3;/p+1/b8-7-;;. The van der Waals surface area contributed by atoms with E-state index in [9.17, 15) is 9.90 Å². The van der Waals surface area contributed by atoms with E-state index in [4.69, 9.17) is 5.11 Å². The summed E-state index contributed by atoms with van der Waals surface area (Å²) < 4.78 is 0. The Morgan fingerprint density at radius 1 is 1.05 bits per heavy atom. The van der Waals surface area contributed by atoms with Crippen LogP contribution >= 0.6 is 0 Å². The fraction of sp³-hybridized carbons (Fsp3) is 0.800. The van der Waals surface area contributed by atoms with Crippen LogP contribution in [0.1, 0.15) is 61.3 Å². The Bertz CT molecular complexity index is 268. The summed E-state index contributed by atoms with van der Waals surface area (Å²) in [6.07, 6.45) is 3.48. The molecule has 0 bridgehead atoms. The molecule has 0 atom stereocenters. The Morgan fingerprint density at radius 2 is 1.47 bits per heavy atom. The first kappa shape index (κ1) is 23.9. The summed E-state index contributed by atoms with van der Waals surface area (Å²) in [4.78, 5) is 9.60. The van der Waals surface area contributed by atoms with E-state index < -0.39 is 0 Å². The molecular weight excluding hydrogens is 276 g/mol. The van der Waals surface area contributed by atoms with Gasteiger partial charge >= 0.3 is 5.78 Å². The molecule has 0 radical (unpaired) electrons. The molecule has 0 saturated heterocycles. The number of hydrogen-bond donors (Lipinski definition) is 2. The maximum absolute atomic E-state index is 9.60. The molecule has 19 heavy (non-hydrogen) atoms. The molecule has 0 aromatic carbocycles. The third-order valence-electron chi connectivity index (χ3n) is 2.32. The molecule has 0 aliphatic heterocycles. The van der Waals surface area contributed by atoms with Crippen LogP contribution < -0.4 is 0 Å². The third kappa shape index (κ3) is 14.1. The van der Waals surface area contributed by atoms with E-state index in [0.29, 0.717) is 6.61 Å². The van der Waals surface area contributed by atoms with Gasteiger partial charge in [0.15, 0.2) is 0 Å². The number of allylic oxidation sites excluding steroid dienone is 2. The van der Waals surface area contributed by atoms with E-state index in [1.807, 2.05) is 41.5 Å². The van der Waals surface area contributed by atoms with Crippen LogP contribution in [0.3, 0.4) is 0 Å². The van der Waals surface area contributed by atoms with Crippen molar-refractivity contribution in [2.75, 3.05) is 6.61 Å². The average molecular weight is 307 g/mol. The Balaban J connectivity index is -0.000000366. The average Bonchev–Trinajstić information content (AvgIpc) is 2.16. The van der Waals surface area contributed by atoms with Crippen molar-refractivity contribution in [1.29, 1.82) is 0 Å². The molecule has 0 spiro atoms. The van der Waals surface area contributed by atoms with Crippen LogP contribution in [0.25, 0.3) is 0 Å². The summed E-state index contributed by atoms with van der Waals surface area (Å²) in [5.74, 6) is 0.417. The molecular formula is C15H31O3Ti+. The number of aliphatic hydroxyl groups is 2. The zero-order valence-corrected chi connectivity index (χ0v) is 15.1. The molecule has 0 heterocycles. The first-order valence-corrected chi connectivity index (χ1v) is 6.55. The van der Waals surface area contributed by atoms with Crippen LogP contribution in [0.2, 0.25) is 0 Å². The Hall–Kier alpha value is -0.116. The maximum atomic E-state index is 9.60. The zero-order chi connectivity index (χ0) is 15.0. The molecule has 0 saturated carbocycles. The first-order chi connectivity index (χ1) is 7.96. The van der Waals surface area contributed by atoms with Crippen molar-refractivity contribution in [2.45, 2.75) is 61.3 Å². The largest absolute Gasteiger partial charge is 0.511 e. The van der Waals surface area contributed by atoms with Crippen LogP contribution in [-0.2, 0) is 21.7 Å². The summed E-state index contributed by atoms with van der Waals surface area (Å²) in [5, 5.41) is 17.7. The molecule has 0 aliphatic rings. The summed E-state index contributed by atoms with van der Waals surface area (Å²) in [6, 6.07) is 0. The van der Waals surface area contributed by atoms with Gasteiger partial charge in [0.2, 0.25) is 0 Å². The maximum Gasteiger partial charge on any atom is 0.325 e. The molecule has 0 rings (SSSR count). The molecule has 0 unspecified atom stereocenters.